The Bertz CT molecular complexity index is 476. The Hall–Kier alpha value is -1.96. The summed E-state index contributed by atoms with van der Waals surface area (Å²) in [5.74, 6) is 0.184. The topological polar surface area (TPSA) is 83.4 Å². The van der Waals surface area contributed by atoms with Crippen LogP contribution in [0.3, 0.4) is 0 Å². The van der Waals surface area contributed by atoms with Crippen LogP contribution in [0.15, 0.2) is 12.7 Å². The van der Waals surface area contributed by atoms with Crippen LogP contribution in [0, 0.1) is 0 Å². The van der Waals surface area contributed by atoms with Gasteiger partial charge in [-0.25, -0.2) is 4.98 Å². The maximum absolute atomic E-state index is 12.2. The largest absolute Gasteiger partial charge is 0.355 e. The van der Waals surface area contributed by atoms with Crippen LogP contribution in [0.4, 0.5) is 0 Å². The van der Waals surface area contributed by atoms with Crippen molar-refractivity contribution in [2.75, 3.05) is 39.3 Å². The number of carbonyl (C=O) groups excluding carboxylic acids is 2. The van der Waals surface area contributed by atoms with Crippen LogP contribution in [0.5, 0.6) is 0 Å². The molecule has 1 aromatic heterocycles. The number of rotatable bonds is 6. The minimum Gasteiger partial charge on any atom is -0.355 e. The van der Waals surface area contributed by atoms with Crippen molar-refractivity contribution in [2.45, 2.75) is 26.3 Å². The van der Waals surface area contributed by atoms with Gasteiger partial charge in [-0.05, 0) is 13.3 Å². The fraction of sp³-hybridized carbons (Fsp3) is 0.714. The monoisotopic (exact) mass is 308 g/mol. The highest BCUT2D eigenvalue weighted by molar-refractivity contribution is 5.78. The Kier molecular flexibility index (Phi) is 6.32. The fourth-order valence-corrected chi connectivity index (χ4v) is 2.55. The molecule has 0 spiro atoms. The van der Waals surface area contributed by atoms with E-state index in [1.165, 1.54) is 6.33 Å². The molecular weight excluding hydrogens is 284 g/mol. The molecule has 1 aliphatic heterocycles. The second kappa shape index (κ2) is 8.47. The van der Waals surface area contributed by atoms with Gasteiger partial charge in [-0.1, -0.05) is 0 Å². The lowest BCUT2D eigenvalue weighted by molar-refractivity contribution is -0.131. The maximum atomic E-state index is 12.2. The van der Waals surface area contributed by atoms with Crippen molar-refractivity contribution in [1.82, 2.24) is 29.9 Å². The maximum Gasteiger partial charge on any atom is 0.234 e. The zero-order chi connectivity index (χ0) is 15.8. The predicted molar refractivity (Wildman–Crippen MR) is 81.0 cm³/mol. The number of nitrogens with one attached hydrogen (secondary N) is 1. The number of likely N-dealkylation sites (N-methyl/N-ethyl adjacent to an activating group) is 1. The van der Waals surface area contributed by atoms with Gasteiger partial charge < -0.3 is 10.2 Å². The molecule has 1 saturated heterocycles. The van der Waals surface area contributed by atoms with Gasteiger partial charge in [0.2, 0.25) is 11.8 Å². The second-order valence-corrected chi connectivity index (χ2v) is 5.37. The molecule has 1 fully saturated rings. The van der Waals surface area contributed by atoms with E-state index in [4.69, 9.17) is 0 Å². The normalized spacial score (nSPS) is 16.3. The first-order valence-electron chi connectivity index (χ1n) is 7.78. The number of hydrogen-bond acceptors (Lipinski definition) is 5. The molecule has 0 bridgehead atoms. The highest BCUT2D eigenvalue weighted by Gasteiger charge is 2.20. The van der Waals surface area contributed by atoms with E-state index in [0.29, 0.717) is 32.6 Å². The number of hydrogen-bond donors (Lipinski definition) is 1. The standard InChI is InChI=1S/C14H24N6O2/c1-2-16-13(21)10-18-5-3-6-19(9-8-18)14(22)4-7-20-12-15-11-17-20/h11-12H,2-10H2,1H3,(H,16,21). The summed E-state index contributed by atoms with van der Waals surface area (Å²) in [6.45, 7) is 6.55. The first-order chi connectivity index (χ1) is 10.7. The van der Waals surface area contributed by atoms with E-state index in [0.717, 1.165) is 26.1 Å². The molecule has 8 nitrogen and oxygen atoms in total. The van der Waals surface area contributed by atoms with Crippen molar-refractivity contribution in [3.05, 3.63) is 12.7 Å². The summed E-state index contributed by atoms with van der Waals surface area (Å²) in [4.78, 5) is 31.7. The summed E-state index contributed by atoms with van der Waals surface area (Å²) >= 11 is 0. The van der Waals surface area contributed by atoms with E-state index >= 15 is 0 Å². The quantitative estimate of drug-likeness (QED) is 0.754. The summed E-state index contributed by atoms with van der Waals surface area (Å²) in [5.41, 5.74) is 0. The lowest BCUT2D eigenvalue weighted by Gasteiger charge is -2.21. The summed E-state index contributed by atoms with van der Waals surface area (Å²) < 4.78 is 1.66. The van der Waals surface area contributed by atoms with E-state index in [9.17, 15) is 9.59 Å². The van der Waals surface area contributed by atoms with E-state index in [1.807, 2.05) is 11.8 Å². The fourth-order valence-electron chi connectivity index (χ4n) is 2.55. The molecular formula is C14H24N6O2. The molecule has 8 heteroatoms. The van der Waals surface area contributed by atoms with Crippen molar-refractivity contribution in [2.24, 2.45) is 0 Å². The molecule has 2 amide bonds. The minimum absolute atomic E-state index is 0.0495. The van der Waals surface area contributed by atoms with Gasteiger partial charge in [0, 0.05) is 39.1 Å². The predicted octanol–water partition coefficient (Wildman–Crippen LogP) is -0.661. The summed E-state index contributed by atoms with van der Waals surface area (Å²) in [6, 6.07) is 0. The van der Waals surface area contributed by atoms with Crippen molar-refractivity contribution in [1.29, 1.82) is 0 Å². The van der Waals surface area contributed by atoms with Crippen LogP contribution >= 0.6 is 0 Å². The molecule has 1 aromatic rings. The van der Waals surface area contributed by atoms with Gasteiger partial charge in [0.1, 0.15) is 12.7 Å². The molecule has 1 aliphatic rings. The summed E-state index contributed by atoms with van der Waals surface area (Å²) in [6.07, 6.45) is 4.41. The first-order valence-corrected chi connectivity index (χ1v) is 7.78. The lowest BCUT2D eigenvalue weighted by atomic mass is 10.3. The SMILES string of the molecule is CCNC(=O)CN1CCCN(C(=O)CCn2cncn2)CC1. The highest BCUT2D eigenvalue weighted by Crippen LogP contribution is 2.05. The van der Waals surface area contributed by atoms with E-state index < -0.39 is 0 Å². The number of carbonyl (C=O) groups is 2. The van der Waals surface area contributed by atoms with Crippen molar-refractivity contribution in [3.63, 3.8) is 0 Å². The van der Waals surface area contributed by atoms with E-state index in [-0.39, 0.29) is 11.8 Å². The third-order valence-electron chi connectivity index (χ3n) is 3.70. The summed E-state index contributed by atoms with van der Waals surface area (Å²) in [5, 5.41) is 6.80. The Morgan fingerprint density at radius 2 is 2.09 bits per heavy atom. The van der Waals surface area contributed by atoms with Gasteiger partial charge in [0.05, 0.1) is 13.1 Å². The molecule has 0 saturated carbocycles. The van der Waals surface area contributed by atoms with Crippen LogP contribution in [-0.4, -0.2) is 75.6 Å². The first kappa shape index (κ1) is 16.4. The van der Waals surface area contributed by atoms with Crippen LogP contribution in [0.25, 0.3) is 0 Å². The lowest BCUT2D eigenvalue weighted by Crippen LogP contribution is -2.40. The zero-order valence-electron chi connectivity index (χ0n) is 13.1. The van der Waals surface area contributed by atoms with Gasteiger partial charge in [0.15, 0.2) is 0 Å². The highest BCUT2D eigenvalue weighted by atomic mass is 16.2. The molecule has 22 heavy (non-hydrogen) atoms. The molecule has 0 unspecified atom stereocenters. The third kappa shape index (κ3) is 5.10. The Balaban J connectivity index is 1.74. The van der Waals surface area contributed by atoms with E-state index in [2.05, 4.69) is 20.3 Å². The molecule has 0 aliphatic carbocycles. The van der Waals surface area contributed by atoms with Crippen molar-refractivity contribution in [3.8, 4) is 0 Å². The van der Waals surface area contributed by atoms with Gasteiger partial charge in [-0.3, -0.25) is 19.2 Å². The molecule has 0 aromatic carbocycles. The van der Waals surface area contributed by atoms with Crippen LogP contribution in [0.2, 0.25) is 0 Å². The second-order valence-electron chi connectivity index (χ2n) is 5.37. The Morgan fingerprint density at radius 3 is 2.82 bits per heavy atom. The number of aryl methyl sites for hydroxylation is 1. The Labute approximate surface area is 130 Å². The van der Waals surface area contributed by atoms with Crippen LogP contribution < -0.4 is 5.32 Å². The van der Waals surface area contributed by atoms with Gasteiger partial charge in [0.25, 0.3) is 0 Å². The number of nitrogens with zero attached hydrogens (tertiary/aromatic N) is 5. The smallest absolute Gasteiger partial charge is 0.234 e. The third-order valence-corrected chi connectivity index (χ3v) is 3.70. The number of amides is 2. The average molecular weight is 308 g/mol. The van der Waals surface area contributed by atoms with Gasteiger partial charge in [-0.2, -0.15) is 5.10 Å². The van der Waals surface area contributed by atoms with Gasteiger partial charge >= 0.3 is 0 Å². The molecule has 122 valence electrons. The van der Waals surface area contributed by atoms with Crippen molar-refractivity contribution >= 4 is 11.8 Å². The zero-order valence-corrected chi connectivity index (χ0v) is 13.1. The minimum atomic E-state index is 0.0495. The average Bonchev–Trinajstić information content (AvgIpc) is 2.91. The van der Waals surface area contributed by atoms with Gasteiger partial charge in [-0.15, -0.1) is 0 Å². The molecule has 0 atom stereocenters. The number of aromatic nitrogens is 3. The molecule has 2 rings (SSSR count). The van der Waals surface area contributed by atoms with Crippen LogP contribution in [-0.2, 0) is 16.1 Å². The van der Waals surface area contributed by atoms with E-state index in [1.54, 1.807) is 11.0 Å². The summed E-state index contributed by atoms with van der Waals surface area (Å²) in [7, 11) is 0. The van der Waals surface area contributed by atoms with Crippen molar-refractivity contribution < 1.29 is 9.59 Å². The molecule has 2 heterocycles. The molecule has 0 radical (unpaired) electrons. The van der Waals surface area contributed by atoms with Crippen LogP contribution in [0.1, 0.15) is 19.8 Å². The molecule has 1 N–H and O–H groups in total. The Morgan fingerprint density at radius 1 is 1.23 bits per heavy atom.